The molecule has 3 aromatic rings. The number of amides is 2. The van der Waals surface area contributed by atoms with Gasteiger partial charge in [0.2, 0.25) is 0 Å². The van der Waals surface area contributed by atoms with Crippen molar-refractivity contribution in [3.05, 3.63) is 45.6 Å². The number of benzene rings is 1. The highest BCUT2D eigenvalue weighted by Gasteiger charge is 2.23. The Kier molecular flexibility index (Phi) is 7.23. The van der Waals surface area contributed by atoms with Crippen molar-refractivity contribution < 1.29 is 24.7 Å². The van der Waals surface area contributed by atoms with Crippen molar-refractivity contribution in [2.75, 3.05) is 18.4 Å². The van der Waals surface area contributed by atoms with Gasteiger partial charge in [0.05, 0.1) is 0 Å². The number of thiazole rings is 1. The van der Waals surface area contributed by atoms with Gasteiger partial charge in [-0.15, -0.1) is 11.3 Å². The van der Waals surface area contributed by atoms with Gasteiger partial charge in [0.25, 0.3) is 11.8 Å². The number of hydrogen-bond donors (Lipinski definition) is 5. The van der Waals surface area contributed by atoms with E-state index >= 15 is 0 Å². The average molecular weight is 460 g/mol. The summed E-state index contributed by atoms with van der Waals surface area (Å²) in [5.41, 5.74) is 7.32. The molecule has 0 aliphatic rings. The molecule has 2 heterocycles. The predicted molar refractivity (Wildman–Crippen MR) is 121 cm³/mol. The number of carboxylic acid groups (broad SMARTS) is 1. The van der Waals surface area contributed by atoms with Gasteiger partial charge in [0.15, 0.2) is 5.13 Å². The summed E-state index contributed by atoms with van der Waals surface area (Å²) in [5.74, 6) is -2.14. The molecule has 0 radical (unpaired) electrons. The molecule has 170 valence electrons. The van der Waals surface area contributed by atoms with Crippen molar-refractivity contribution in [3.8, 4) is 0 Å². The van der Waals surface area contributed by atoms with Crippen molar-refractivity contribution in [1.82, 2.24) is 15.0 Å². The molecule has 0 saturated heterocycles. The second-order valence-electron chi connectivity index (χ2n) is 7.06. The summed E-state index contributed by atoms with van der Waals surface area (Å²) in [5, 5.41) is 23.3. The minimum Gasteiger partial charge on any atom is -0.477 e. The number of fused-ring (bicyclic) bond motifs is 1. The minimum absolute atomic E-state index is 0.0890. The number of carbonyl (C=O) groups excluding carboxylic acids is 2. The number of nitrogens with one attached hydrogen (secondary N) is 2. The fraction of sp³-hybridized carbons (Fsp3) is 0.333. The molecule has 0 aliphatic heterocycles. The average Bonchev–Trinajstić information content (AvgIpc) is 3.37. The standard InChI is InChI=1S/C21H25N5O5S/c1-3-15-17(19(28)26(31)4-2)24-21(32-15)25-18(27)11-7-8-14-13(10-11)12(6-5-9-22)16(23-14)20(29)30/h7-8,10,23,31H,3-6,9,22H2,1-2H3,(H,29,30)(H,24,25,27). The summed E-state index contributed by atoms with van der Waals surface area (Å²) < 4.78 is 0. The molecule has 1 aromatic carbocycles. The normalized spacial score (nSPS) is 11.0. The van der Waals surface area contributed by atoms with Gasteiger partial charge in [-0.2, -0.15) is 0 Å². The Balaban J connectivity index is 1.91. The molecule has 6 N–H and O–H groups in total. The Bertz CT molecular complexity index is 1170. The van der Waals surface area contributed by atoms with Crippen LogP contribution in [0.25, 0.3) is 10.9 Å². The third-order valence-electron chi connectivity index (χ3n) is 4.99. The van der Waals surface area contributed by atoms with Crippen LogP contribution in [-0.2, 0) is 12.8 Å². The maximum Gasteiger partial charge on any atom is 0.352 e. The van der Waals surface area contributed by atoms with Gasteiger partial charge in [-0.1, -0.05) is 6.92 Å². The van der Waals surface area contributed by atoms with E-state index in [0.29, 0.717) is 57.8 Å². The Morgan fingerprint density at radius 2 is 2.03 bits per heavy atom. The lowest BCUT2D eigenvalue weighted by Crippen LogP contribution is -2.28. The van der Waals surface area contributed by atoms with Gasteiger partial charge in [-0.25, -0.2) is 14.8 Å². The van der Waals surface area contributed by atoms with Crippen LogP contribution in [0.1, 0.15) is 62.0 Å². The maximum atomic E-state index is 12.9. The van der Waals surface area contributed by atoms with Gasteiger partial charge in [0, 0.05) is 27.9 Å². The molecule has 0 bridgehead atoms. The molecular weight excluding hydrogens is 434 g/mol. The van der Waals surface area contributed by atoms with Gasteiger partial charge < -0.3 is 15.8 Å². The number of nitrogens with zero attached hydrogens (tertiary/aromatic N) is 2. The van der Waals surface area contributed by atoms with Crippen molar-refractivity contribution in [2.45, 2.75) is 33.1 Å². The van der Waals surface area contributed by atoms with Crippen LogP contribution < -0.4 is 11.1 Å². The second-order valence-corrected chi connectivity index (χ2v) is 8.14. The number of hydrogen-bond acceptors (Lipinski definition) is 7. The Hall–Kier alpha value is -3.28. The highest BCUT2D eigenvalue weighted by Crippen LogP contribution is 2.28. The Morgan fingerprint density at radius 3 is 2.66 bits per heavy atom. The smallest absolute Gasteiger partial charge is 0.352 e. The van der Waals surface area contributed by atoms with Gasteiger partial charge in [-0.05, 0) is 56.5 Å². The molecule has 3 rings (SSSR count). The van der Waals surface area contributed by atoms with Crippen molar-refractivity contribution in [1.29, 1.82) is 0 Å². The number of H-pyrrole nitrogens is 1. The highest BCUT2D eigenvalue weighted by molar-refractivity contribution is 7.16. The second kappa shape index (κ2) is 9.90. The largest absolute Gasteiger partial charge is 0.477 e. The molecule has 0 spiro atoms. The summed E-state index contributed by atoms with van der Waals surface area (Å²) in [4.78, 5) is 44.5. The molecule has 0 saturated carbocycles. The van der Waals surface area contributed by atoms with E-state index < -0.39 is 17.8 Å². The van der Waals surface area contributed by atoms with E-state index in [1.807, 2.05) is 6.92 Å². The number of hydroxylamine groups is 2. The third kappa shape index (κ3) is 4.64. The number of nitrogens with two attached hydrogens (primary N) is 1. The third-order valence-corrected chi connectivity index (χ3v) is 6.10. The molecule has 0 atom stereocenters. The van der Waals surface area contributed by atoms with E-state index in [2.05, 4.69) is 15.3 Å². The fourth-order valence-electron chi connectivity index (χ4n) is 3.36. The first-order valence-electron chi connectivity index (χ1n) is 10.2. The van der Waals surface area contributed by atoms with E-state index in [1.165, 1.54) is 11.3 Å². The van der Waals surface area contributed by atoms with Gasteiger partial charge in [0.1, 0.15) is 11.4 Å². The number of aromatic nitrogens is 2. The molecule has 32 heavy (non-hydrogen) atoms. The fourth-order valence-corrected chi connectivity index (χ4v) is 4.25. The minimum atomic E-state index is -1.07. The first kappa shape index (κ1) is 23.4. The topological polar surface area (TPSA) is 162 Å². The first-order chi connectivity index (χ1) is 15.3. The summed E-state index contributed by atoms with van der Waals surface area (Å²) in [6, 6.07) is 4.87. The zero-order valence-corrected chi connectivity index (χ0v) is 18.6. The lowest BCUT2D eigenvalue weighted by Gasteiger charge is -2.10. The number of aromatic amines is 1. The SMILES string of the molecule is CCc1sc(NC(=O)c2ccc3[nH]c(C(=O)O)c(CCCN)c3c2)nc1C(=O)N(O)CC. The zero-order valence-electron chi connectivity index (χ0n) is 17.8. The molecule has 11 heteroatoms. The van der Waals surface area contributed by atoms with Crippen LogP contribution in [0.4, 0.5) is 5.13 Å². The molecule has 0 unspecified atom stereocenters. The van der Waals surface area contributed by atoms with E-state index in [-0.39, 0.29) is 23.1 Å². The molecule has 10 nitrogen and oxygen atoms in total. The lowest BCUT2D eigenvalue weighted by atomic mass is 10.0. The van der Waals surface area contributed by atoms with E-state index in [0.717, 1.165) is 0 Å². The Labute approximate surface area is 188 Å². The summed E-state index contributed by atoms with van der Waals surface area (Å²) in [6.07, 6.45) is 1.60. The van der Waals surface area contributed by atoms with Crippen LogP contribution in [-0.4, -0.2) is 56.2 Å². The van der Waals surface area contributed by atoms with Crippen LogP contribution in [0.3, 0.4) is 0 Å². The monoisotopic (exact) mass is 459 g/mol. The van der Waals surface area contributed by atoms with Crippen molar-refractivity contribution in [2.24, 2.45) is 5.73 Å². The van der Waals surface area contributed by atoms with E-state index in [9.17, 15) is 24.7 Å². The summed E-state index contributed by atoms with van der Waals surface area (Å²) >= 11 is 1.17. The molecular formula is C21H25N5O5S. The van der Waals surface area contributed by atoms with Crippen molar-refractivity contribution in [3.63, 3.8) is 0 Å². The van der Waals surface area contributed by atoms with Crippen LogP contribution in [0.15, 0.2) is 18.2 Å². The molecule has 0 aliphatic carbocycles. The van der Waals surface area contributed by atoms with Gasteiger partial charge in [-0.3, -0.25) is 20.1 Å². The van der Waals surface area contributed by atoms with Crippen molar-refractivity contribution >= 4 is 45.2 Å². The highest BCUT2D eigenvalue weighted by atomic mass is 32.1. The molecule has 2 aromatic heterocycles. The quantitative estimate of drug-likeness (QED) is 0.243. The summed E-state index contributed by atoms with van der Waals surface area (Å²) in [7, 11) is 0. The molecule has 2 amide bonds. The number of anilines is 1. The van der Waals surface area contributed by atoms with E-state index in [1.54, 1.807) is 25.1 Å². The Morgan fingerprint density at radius 1 is 1.28 bits per heavy atom. The zero-order chi connectivity index (χ0) is 23.4. The van der Waals surface area contributed by atoms with E-state index in [4.69, 9.17) is 5.73 Å². The van der Waals surface area contributed by atoms with Crippen LogP contribution in [0.5, 0.6) is 0 Å². The van der Waals surface area contributed by atoms with Crippen LogP contribution in [0.2, 0.25) is 0 Å². The lowest BCUT2D eigenvalue weighted by molar-refractivity contribution is -0.0546. The van der Waals surface area contributed by atoms with Crippen LogP contribution in [0, 0.1) is 0 Å². The maximum absolute atomic E-state index is 12.9. The number of aromatic carboxylic acids is 1. The number of carbonyl (C=O) groups is 3. The number of aryl methyl sites for hydroxylation is 2. The van der Waals surface area contributed by atoms with Crippen LogP contribution >= 0.6 is 11.3 Å². The number of carboxylic acids is 1. The first-order valence-corrected chi connectivity index (χ1v) is 11.0. The molecule has 0 fully saturated rings. The number of rotatable bonds is 9. The predicted octanol–water partition coefficient (Wildman–Crippen LogP) is 2.88. The van der Waals surface area contributed by atoms with Gasteiger partial charge >= 0.3 is 5.97 Å². The summed E-state index contributed by atoms with van der Waals surface area (Å²) in [6.45, 7) is 4.02.